The lowest BCUT2D eigenvalue weighted by Gasteiger charge is -2.31. The average molecular weight is 333 g/mol. The molecule has 0 bridgehead atoms. The SMILES string of the molecule is CN(C)C(=O)COCC1CN(Cc2ccoc2)Cc2nnn(C)c21. The molecule has 0 saturated heterocycles. The number of hydrogen-bond acceptors (Lipinski definition) is 6. The van der Waals surface area contributed by atoms with Gasteiger partial charge in [0.05, 0.1) is 24.8 Å². The normalized spacial score (nSPS) is 17.7. The minimum absolute atomic E-state index is 0.0376. The summed E-state index contributed by atoms with van der Waals surface area (Å²) in [6.07, 6.45) is 3.44. The Bertz CT molecular complexity index is 680. The molecule has 0 saturated carbocycles. The van der Waals surface area contributed by atoms with Crippen LogP contribution in [0.3, 0.4) is 0 Å². The molecule has 1 unspecified atom stereocenters. The molecule has 130 valence electrons. The van der Waals surface area contributed by atoms with Crippen LogP contribution in [0.25, 0.3) is 0 Å². The predicted molar refractivity (Wildman–Crippen MR) is 86.1 cm³/mol. The number of aromatic nitrogens is 3. The fourth-order valence-corrected chi connectivity index (χ4v) is 3.00. The second kappa shape index (κ2) is 7.14. The van der Waals surface area contributed by atoms with Crippen LogP contribution in [-0.4, -0.2) is 64.6 Å². The number of rotatable bonds is 6. The Hall–Kier alpha value is -2.19. The van der Waals surface area contributed by atoms with Gasteiger partial charge in [-0.15, -0.1) is 5.10 Å². The molecular formula is C16H23N5O3. The van der Waals surface area contributed by atoms with Crippen LogP contribution in [0.2, 0.25) is 0 Å². The number of fused-ring (bicyclic) bond motifs is 1. The molecule has 0 aliphatic carbocycles. The highest BCUT2D eigenvalue weighted by atomic mass is 16.5. The molecule has 3 heterocycles. The summed E-state index contributed by atoms with van der Waals surface area (Å²) in [4.78, 5) is 15.5. The first-order valence-corrected chi connectivity index (χ1v) is 7.94. The van der Waals surface area contributed by atoms with Gasteiger partial charge in [-0.1, -0.05) is 5.21 Å². The highest BCUT2D eigenvalue weighted by Crippen LogP contribution is 2.27. The van der Waals surface area contributed by atoms with Crippen molar-refractivity contribution in [3.63, 3.8) is 0 Å². The topological polar surface area (TPSA) is 76.6 Å². The molecule has 1 amide bonds. The van der Waals surface area contributed by atoms with Crippen LogP contribution in [0.15, 0.2) is 23.0 Å². The number of amides is 1. The third-order valence-corrected chi connectivity index (χ3v) is 4.21. The van der Waals surface area contributed by atoms with Gasteiger partial charge in [-0.25, -0.2) is 0 Å². The Morgan fingerprint density at radius 2 is 2.33 bits per heavy atom. The minimum atomic E-state index is -0.0376. The lowest BCUT2D eigenvalue weighted by Crippen LogP contribution is -2.36. The molecule has 0 radical (unpaired) electrons. The standard InChI is InChI=1S/C16H23N5O3/c1-19(2)15(22)11-24-10-13-7-21(6-12-4-5-23-9-12)8-14-16(13)20(3)18-17-14/h4-5,9,13H,6-8,10-11H2,1-3H3. The van der Waals surface area contributed by atoms with E-state index in [1.807, 2.05) is 17.8 Å². The van der Waals surface area contributed by atoms with E-state index in [0.717, 1.165) is 36.6 Å². The number of carbonyl (C=O) groups is 1. The summed E-state index contributed by atoms with van der Waals surface area (Å²) in [6, 6.07) is 1.97. The molecule has 1 atom stereocenters. The van der Waals surface area contributed by atoms with E-state index >= 15 is 0 Å². The second-order valence-corrected chi connectivity index (χ2v) is 6.35. The van der Waals surface area contributed by atoms with Crippen molar-refractivity contribution in [1.82, 2.24) is 24.8 Å². The van der Waals surface area contributed by atoms with Crippen molar-refractivity contribution < 1.29 is 13.9 Å². The quantitative estimate of drug-likeness (QED) is 0.771. The van der Waals surface area contributed by atoms with Crippen LogP contribution in [-0.2, 0) is 29.7 Å². The molecule has 24 heavy (non-hydrogen) atoms. The van der Waals surface area contributed by atoms with E-state index in [0.29, 0.717) is 6.61 Å². The largest absolute Gasteiger partial charge is 0.472 e. The van der Waals surface area contributed by atoms with Crippen LogP contribution in [0.5, 0.6) is 0 Å². The van der Waals surface area contributed by atoms with Gasteiger partial charge in [0.2, 0.25) is 5.91 Å². The Labute approximate surface area is 141 Å². The summed E-state index contributed by atoms with van der Waals surface area (Å²) < 4.78 is 12.6. The molecule has 2 aromatic heterocycles. The fourth-order valence-electron chi connectivity index (χ4n) is 3.00. The monoisotopic (exact) mass is 333 g/mol. The molecule has 3 rings (SSSR count). The summed E-state index contributed by atoms with van der Waals surface area (Å²) >= 11 is 0. The minimum Gasteiger partial charge on any atom is -0.472 e. The van der Waals surface area contributed by atoms with Gasteiger partial charge in [-0.05, 0) is 6.07 Å². The van der Waals surface area contributed by atoms with Gasteiger partial charge in [-0.2, -0.15) is 0 Å². The van der Waals surface area contributed by atoms with E-state index in [2.05, 4.69) is 15.2 Å². The zero-order valence-electron chi connectivity index (χ0n) is 14.3. The Morgan fingerprint density at radius 1 is 1.50 bits per heavy atom. The molecule has 2 aromatic rings. The van der Waals surface area contributed by atoms with Crippen LogP contribution >= 0.6 is 0 Å². The molecule has 8 heteroatoms. The molecule has 0 N–H and O–H groups in total. The number of aryl methyl sites for hydroxylation is 1. The number of furan rings is 1. The lowest BCUT2D eigenvalue weighted by molar-refractivity contribution is -0.133. The maximum Gasteiger partial charge on any atom is 0.248 e. The van der Waals surface area contributed by atoms with Crippen molar-refractivity contribution in [2.24, 2.45) is 7.05 Å². The highest BCUT2D eigenvalue weighted by molar-refractivity contribution is 5.76. The molecule has 1 aliphatic rings. The molecule has 1 aliphatic heterocycles. The van der Waals surface area contributed by atoms with Gasteiger partial charge < -0.3 is 14.1 Å². The van der Waals surface area contributed by atoms with Gasteiger partial charge in [0.1, 0.15) is 12.3 Å². The number of hydrogen-bond donors (Lipinski definition) is 0. The van der Waals surface area contributed by atoms with Crippen LogP contribution < -0.4 is 0 Å². The molecule has 0 aromatic carbocycles. The van der Waals surface area contributed by atoms with E-state index in [9.17, 15) is 4.79 Å². The van der Waals surface area contributed by atoms with E-state index < -0.39 is 0 Å². The fraction of sp³-hybridized carbons (Fsp3) is 0.562. The summed E-state index contributed by atoms with van der Waals surface area (Å²) in [6.45, 7) is 2.93. The molecule has 0 fully saturated rings. The van der Waals surface area contributed by atoms with Crippen LogP contribution in [0, 0.1) is 0 Å². The van der Waals surface area contributed by atoms with Crippen LogP contribution in [0.4, 0.5) is 0 Å². The van der Waals surface area contributed by atoms with Gasteiger partial charge in [0, 0.05) is 52.3 Å². The van der Waals surface area contributed by atoms with E-state index in [1.165, 1.54) is 4.90 Å². The first-order valence-electron chi connectivity index (χ1n) is 7.94. The van der Waals surface area contributed by atoms with Gasteiger partial charge in [0.25, 0.3) is 0 Å². The maximum atomic E-state index is 11.7. The van der Waals surface area contributed by atoms with E-state index in [4.69, 9.17) is 9.15 Å². The van der Waals surface area contributed by atoms with Crippen molar-refractivity contribution in [1.29, 1.82) is 0 Å². The molecular weight excluding hydrogens is 310 g/mol. The van der Waals surface area contributed by atoms with E-state index in [-0.39, 0.29) is 18.4 Å². The highest BCUT2D eigenvalue weighted by Gasteiger charge is 2.30. The third kappa shape index (κ3) is 3.65. The van der Waals surface area contributed by atoms with Gasteiger partial charge >= 0.3 is 0 Å². The third-order valence-electron chi connectivity index (χ3n) is 4.21. The zero-order chi connectivity index (χ0) is 17.1. The molecule has 8 nitrogen and oxygen atoms in total. The van der Waals surface area contributed by atoms with Crippen LogP contribution in [0.1, 0.15) is 22.9 Å². The first-order chi connectivity index (χ1) is 11.5. The lowest BCUT2D eigenvalue weighted by atomic mass is 9.98. The number of likely N-dealkylation sites (N-methyl/N-ethyl adjacent to an activating group) is 1. The van der Waals surface area contributed by atoms with Gasteiger partial charge in [0.15, 0.2) is 0 Å². The van der Waals surface area contributed by atoms with Gasteiger partial charge in [-0.3, -0.25) is 14.4 Å². The Morgan fingerprint density at radius 3 is 3.04 bits per heavy atom. The Kier molecular flexibility index (Phi) is 4.96. The number of nitrogens with zero attached hydrogens (tertiary/aromatic N) is 5. The number of carbonyl (C=O) groups excluding carboxylic acids is 1. The summed E-state index contributed by atoms with van der Waals surface area (Å²) in [5, 5.41) is 8.42. The van der Waals surface area contributed by atoms with Crippen molar-refractivity contribution in [2.45, 2.75) is 19.0 Å². The predicted octanol–water partition coefficient (Wildman–Crippen LogP) is 0.612. The Balaban J connectivity index is 1.66. The summed E-state index contributed by atoms with van der Waals surface area (Å²) in [5.41, 5.74) is 3.19. The maximum absolute atomic E-state index is 11.7. The van der Waals surface area contributed by atoms with Crippen molar-refractivity contribution in [3.8, 4) is 0 Å². The van der Waals surface area contributed by atoms with E-state index in [1.54, 1.807) is 26.6 Å². The molecule has 0 spiro atoms. The zero-order valence-corrected chi connectivity index (χ0v) is 14.3. The van der Waals surface area contributed by atoms with Crippen molar-refractivity contribution >= 4 is 5.91 Å². The van der Waals surface area contributed by atoms with Crippen molar-refractivity contribution in [2.75, 3.05) is 33.9 Å². The second-order valence-electron chi connectivity index (χ2n) is 6.35. The summed E-state index contributed by atoms with van der Waals surface area (Å²) in [7, 11) is 5.35. The average Bonchev–Trinajstić information content (AvgIpc) is 3.17. The summed E-state index contributed by atoms with van der Waals surface area (Å²) in [5.74, 6) is 0.0973. The smallest absolute Gasteiger partial charge is 0.248 e. The first kappa shape index (κ1) is 16.7. The van der Waals surface area contributed by atoms with Crippen molar-refractivity contribution in [3.05, 3.63) is 35.5 Å². The number of ether oxygens (including phenoxy) is 1.